The van der Waals surface area contributed by atoms with Crippen molar-refractivity contribution in [2.75, 3.05) is 18.8 Å². The first-order valence-corrected chi connectivity index (χ1v) is 6.98. The van der Waals surface area contributed by atoms with Crippen molar-refractivity contribution in [2.45, 2.75) is 23.8 Å². The lowest BCUT2D eigenvalue weighted by atomic mass is 10.4. The second-order valence-electron chi connectivity index (χ2n) is 4.40. The normalized spacial score (nSPS) is 15.0. The maximum atomic E-state index is 12.7. The van der Waals surface area contributed by atoms with Gasteiger partial charge in [-0.05, 0) is 37.1 Å². The van der Waals surface area contributed by atoms with Crippen LogP contribution >= 0.6 is 11.8 Å². The summed E-state index contributed by atoms with van der Waals surface area (Å²) < 4.78 is 12.7. The van der Waals surface area contributed by atoms with Crippen molar-refractivity contribution in [2.24, 2.45) is 0 Å². The van der Waals surface area contributed by atoms with Gasteiger partial charge in [-0.15, -0.1) is 11.8 Å². The van der Waals surface area contributed by atoms with E-state index >= 15 is 0 Å². The van der Waals surface area contributed by atoms with E-state index < -0.39 is 5.97 Å². The lowest BCUT2D eigenvalue weighted by Gasteiger charge is -2.19. The largest absolute Gasteiger partial charge is 0.480 e. The van der Waals surface area contributed by atoms with Gasteiger partial charge < -0.3 is 5.11 Å². The molecule has 1 aromatic carbocycles. The number of rotatable bonds is 7. The van der Waals surface area contributed by atoms with E-state index in [9.17, 15) is 9.18 Å². The molecular formula is C13H16FNO2S. The predicted molar refractivity (Wildman–Crippen MR) is 69.4 cm³/mol. The van der Waals surface area contributed by atoms with Crippen LogP contribution in [0.25, 0.3) is 0 Å². The van der Waals surface area contributed by atoms with Gasteiger partial charge in [0.2, 0.25) is 0 Å². The number of carboxylic acid groups (broad SMARTS) is 1. The summed E-state index contributed by atoms with van der Waals surface area (Å²) >= 11 is 1.63. The summed E-state index contributed by atoms with van der Waals surface area (Å²) in [4.78, 5) is 13.8. The molecule has 1 aromatic rings. The quantitative estimate of drug-likeness (QED) is 0.772. The summed E-state index contributed by atoms with van der Waals surface area (Å²) in [7, 11) is 0. The fraction of sp³-hybridized carbons (Fsp3) is 0.462. The highest BCUT2D eigenvalue weighted by Crippen LogP contribution is 2.27. The van der Waals surface area contributed by atoms with Gasteiger partial charge >= 0.3 is 5.97 Å². The highest BCUT2D eigenvalue weighted by Gasteiger charge is 2.29. The molecule has 3 nitrogen and oxygen atoms in total. The van der Waals surface area contributed by atoms with Crippen molar-refractivity contribution < 1.29 is 14.3 Å². The van der Waals surface area contributed by atoms with E-state index in [0.29, 0.717) is 6.04 Å². The SMILES string of the molecule is O=C(O)CN(CCSc1ccc(F)cc1)C1CC1. The predicted octanol–water partition coefficient (Wildman–Crippen LogP) is 2.47. The smallest absolute Gasteiger partial charge is 0.317 e. The van der Waals surface area contributed by atoms with Crippen molar-refractivity contribution in [1.82, 2.24) is 4.90 Å². The standard InChI is InChI=1S/C13H16FNO2S/c14-10-1-5-12(6-2-10)18-8-7-15(9-13(16)17)11-3-4-11/h1-2,5-6,11H,3-4,7-9H2,(H,16,17). The molecule has 18 heavy (non-hydrogen) atoms. The first kappa shape index (κ1) is 13.4. The number of nitrogens with zero attached hydrogens (tertiary/aromatic N) is 1. The van der Waals surface area contributed by atoms with Gasteiger partial charge in [-0.2, -0.15) is 0 Å². The van der Waals surface area contributed by atoms with Gasteiger partial charge in [-0.3, -0.25) is 9.69 Å². The summed E-state index contributed by atoms with van der Waals surface area (Å²) in [6.07, 6.45) is 2.21. The van der Waals surface area contributed by atoms with Gasteiger partial charge in [0.15, 0.2) is 0 Å². The van der Waals surface area contributed by atoms with Crippen molar-refractivity contribution in [3.63, 3.8) is 0 Å². The zero-order valence-electron chi connectivity index (χ0n) is 10.0. The average molecular weight is 269 g/mol. The Kier molecular flexibility index (Phi) is 4.60. The van der Waals surface area contributed by atoms with Crippen molar-refractivity contribution >= 4 is 17.7 Å². The molecule has 1 aliphatic rings. The van der Waals surface area contributed by atoms with Crippen LogP contribution in [0.1, 0.15) is 12.8 Å². The summed E-state index contributed by atoms with van der Waals surface area (Å²) in [6, 6.07) is 6.84. The van der Waals surface area contributed by atoms with Gasteiger partial charge in [0.05, 0.1) is 6.54 Å². The lowest BCUT2D eigenvalue weighted by Crippen LogP contribution is -2.33. The van der Waals surface area contributed by atoms with E-state index in [1.807, 2.05) is 4.90 Å². The van der Waals surface area contributed by atoms with Crippen LogP contribution in [0.5, 0.6) is 0 Å². The number of hydrogen-bond acceptors (Lipinski definition) is 3. The topological polar surface area (TPSA) is 40.5 Å². The first-order valence-electron chi connectivity index (χ1n) is 5.99. The minimum absolute atomic E-state index is 0.120. The monoisotopic (exact) mass is 269 g/mol. The summed E-state index contributed by atoms with van der Waals surface area (Å²) in [5, 5.41) is 8.82. The van der Waals surface area contributed by atoms with Gasteiger partial charge in [-0.1, -0.05) is 0 Å². The summed E-state index contributed by atoms with van der Waals surface area (Å²) in [5.74, 6) is -0.173. The maximum Gasteiger partial charge on any atom is 0.317 e. The van der Waals surface area contributed by atoms with Crippen LogP contribution in [0.4, 0.5) is 4.39 Å². The molecule has 0 saturated heterocycles. The highest BCUT2D eigenvalue weighted by atomic mass is 32.2. The molecule has 1 N–H and O–H groups in total. The van der Waals surface area contributed by atoms with Crippen LogP contribution in [-0.4, -0.2) is 40.9 Å². The number of carboxylic acids is 1. The Morgan fingerprint density at radius 2 is 2.06 bits per heavy atom. The van der Waals surface area contributed by atoms with Crippen molar-refractivity contribution in [3.05, 3.63) is 30.1 Å². The number of thioether (sulfide) groups is 1. The molecule has 0 heterocycles. The van der Waals surface area contributed by atoms with Gasteiger partial charge in [-0.25, -0.2) is 4.39 Å². The van der Waals surface area contributed by atoms with Crippen LogP contribution in [0, 0.1) is 5.82 Å². The summed E-state index contributed by atoms with van der Waals surface area (Å²) in [5.41, 5.74) is 0. The zero-order chi connectivity index (χ0) is 13.0. The van der Waals surface area contributed by atoms with E-state index in [-0.39, 0.29) is 12.4 Å². The number of halogens is 1. The molecule has 0 amide bonds. The van der Waals surface area contributed by atoms with Gasteiger partial charge in [0.25, 0.3) is 0 Å². The second-order valence-corrected chi connectivity index (χ2v) is 5.57. The second kappa shape index (κ2) is 6.20. The van der Waals surface area contributed by atoms with Crippen molar-refractivity contribution in [3.8, 4) is 0 Å². The molecule has 0 unspecified atom stereocenters. The summed E-state index contributed by atoms with van der Waals surface area (Å²) in [6.45, 7) is 0.883. The average Bonchev–Trinajstić information content (AvgIpc) is 3.14. The highest BCUT2D eigenvalue weighted by molar-refractivity contribution is 7.99. The minimum Gasteiger partial charge on any atom is -0.480 e. The van der Waals surface area contributed by atoms with E-state index in [4.69, 9.17) is 5.11 Å². The molecule has 1 aliphatic carbocycles. The third-order valence-electron chi connectivity index (χ3n) is 2.86. The number of aliphatic carboxylic acids is 1. The molecule has 1 saturated carbocycles. The van der Waals surface area contributed by atoms with Crippen LogP contribution in [0.2, 0.25) is 0 Å². The maximum absolute atomic E-state index is 12.7. The Bertz CT molecular complexity index is 406. The zero-order valence-corrected chi connectivity index (χ0v) is 10.8. The third kappa shape index (κ3) is 4.31. The Balaban J connectivity index is 1.75. The van der Waals surface area contributed by atoms with Crippen LogP contribution in [0.15, 0.2) is 29.2 Å². The van der Waals surface area contributed by atoms with E-state index in [1.54, 1.807) is 23.9 Å². The van der Waals surface area contributed by atoms with Gasteiger partial charge in [0.1, 0.15) is 5.82 Å². The Morgan fingerprint density at radius 3 is 2.61 bits per heavy atom. The van der Waals surface area contributed by atoms with Crippen LogP contribution in [0.3, 0.4) is 0 Å². The van der Waals surface area contributed by atoms with E-state index in [1.165, 1.54) is 12.1 Å². The lowest BCUT2D eigenvalue weighted by molar-refractivity contribution is -0.138. The molecule has 0 radical (unpaired) electrons. The molecule has 1 fully saturated rings. The molecule has 0 bridgehead atoms. The van der Waals surface area contributed by atoms with E-state index in [2.05, 4.69) is 0 Å². The van der Waals surface area contributed by atoms with Crippen molar-refractivity contribution in [1.29, 1.82) is 0 Å². The fourth-order valence-electron chi connectivity index (χ4n) is 1.82. The molecule has 0 spiro atoms. The molecule has 5 heteroatoms. The molecule has 0 aromatic heterocycles. The third-order valence-corrected chi connectivity index (χ3v) is 3.85. The molecule has 0 atom stereocenters. The Morgan fingerprint density at radius 1 is 1.39 bits per heavy atom. The van der Waals surface area contributed by atoms with Crippen LogP contribution in [-0.2, 0) is 4.79 Å². The molecule has 2 rings (SSSR count). The number of carbonyl (C=O) groups is 1. The molecular weight excluding hydrogens is 253 g/mol. The molecule has 0 aliphatic heterocycles. The Hall–Kier alpha value is -1.07. The molecule has 98 valence electrons. The number of hydrogen-bond donors (Lipinski definition) is 1. The minimum atomic E-state index is -0.770. The van der Waals surface area contributed by atoms with Crippen LogP contribution < -0.4 is 0 Å². The fourth-order valence-corrected chi connectivity index (χ4v) is 2.71. The van der Waals surface area contributed by atoms with E-state index in [0.717, 1.165) is 30.0 Å². The number of benzene rings is 1. The Labute approximate surface area is 110 Å². The van der Waals surface area contributed by atoms with Gasteiger partial charge in [0, 0.05) is 23.2 Å². The first-order chi connectivity index (χ1) is 8.65.